The molecule has 0 radical (unpaired) electrons. The molecule has 1 aliphatic carbocycles. The number of nitrogens with zero attached hydrogens (tertiary/aromatic N) is 4. The molecule has 3 rings (SSSR count). The third-order valence-corrected chi connectivity index (χ3v) is 5.38. The van der Waals surface area contributed by atoms with Crippen LogP contribution in [0.1, 0.15) is 29.8 Å². The van der Waals surface area contributed by atoms with Crippen LogP contribution in [0.5, 0.6) is 0 Å². The zero-order chi connectivity index (χ0) is 15.5. The van der Waals surface area contributed by atoms with Crippen molar-refractivity contribution in [3.63, 3.8) is 0 Å². The van der Waals surface area contributed by atoms with Crippen LogP contribution in [0.25, 0.3) is 0 Å². The molecule has 22 heavy (non-hydrogen) atoms. The predicted octanol–water partition coefficient (Wildman–Crippen LogP) is 1.53. The SMILES string of the molecule is Cc1nc(SCC(=O)N2CCN(C)CC2)nc2c1CCCC2. The number of fused-ring (bicyclic) bond motifs is 1. The van der Waals surface area contributed by atoms with Crippen molar-refractivity contribution in [3.8, 4) is 0 Å². The fraction of sp³-hybridized carbons (Fsp3) is 0.688. The van der Waals surface area contributed by atoms with Gasteiger partial charge in [0.25, 0.3) is 0 Å². The van der Waals surface area contributed by atoms with Crippen molar-refractivity contribution in [2.24, 2.45) is 0 Å². The van der Waals surface area contributed by atoms with E-state index in [0.717, 1.165) is 49.9 Å². The van der Waals surface area contributed by atoms with E-state index in [1.54, 1.807) is 0 Å². The molecular formula is C16H24N4OS. The summed E-state index contributed by atoms with van der Waals surface area (Å²) >= 11 is 1.48. The Kier molecular flexibility index (Phi) is 4.98. The maximum atomic E-state index is 12.3. The quantitative estimate of drug-likeness (QED) is 0.624. The number of thioether (sulfide) groups is 1. The molecule has 1 aliphatic heterocycles. The zero-order valence-electron chi connectivity index (χ0n) is 13.5. The minimum atomic E-state index is 0.206. The van der Waals surface area contributed by atoms with Crippen molar-refractivity contribution in [2.75, 3.05) is 39.0 Å². The van der Waals surface area contributed by atoms with Gasteiger partial charge in [-0.1, -0.05) is 11.8 Å². The molecule has 6 heteroatoms. The van der Waals surface area contributed by atoms with Crippen LogP contribution in [0.15, 0.2) is 5.16 Å². The molecule has 2 heterocycles. The monoisotopic (exact) mass is 320 g/mol. The van der Waals surface area contributed by atoms with Crippen molar-refractivity contribution < 1.29 is 4.79 Å². The molecule has 0 saturated carbocycles. The standard InChI is InChI=1S/C16H24N4OS/c1-12-13-5-3-4-6-14(13)18-16(17-12)22-11-15(21)20-9-7-19(2)8-10-20/h3-11H2,1-2H3. The van der Waals surface area contributed by atoms with Gasteiger partial charge in [0.15, 0.2) is 5.16 Å². The fourth-order valence-electron chi connectivity index (χ4n) is 3.09. The minimum Gasteiger partial charge on any atom is -0.339 e. The summed E-state index contributed by atoms with van der Waals surface area (Å²) in [4.78, 5) is 25.8. The third kappa shape index (κ3) is 3.60. The molecule has 2 aliphatic rings. The lowest BCUT2D eigenvalue weighted by atomic mass is 9.95. The normalized spacial score (nSPS) is 19.1. The highest BCUT2D eigenvalue weighted by molar-refractivity contribution is 7.99. The lowest BCUT2D eigenvalue weighted by Crippen LogP contribution is -2.47. The summed E-state index contributed by atoms with van der Waals surface area (Å²) in [7, 11) is 2.10. The van der Waals surface area contributed by atoms with Gasteiger partial charge < -0.3 is 9.80 Å². The highest BCUT2D eigenvalue weighted by Gasteiger charge is 2.20. The van der Waals surface area contributed by atoms with E-state index in [4.69, 9.17) is 0 Å². The van der Waals surface area contributed by atoms with Crippen LogP contribution < -0.4 is 0 Å². The van der Waals surface area contributed by atoms with Crippen LogP contribution in [0.2, 0.25) is 0 Å². The number of likely N-dealkylation sites (N-methyl/N-ethyl adjacent to an activating group) is 1. The second-order valence-corrected chi connectivity index (χ2v) is 7.14. The molecule has 0 bridgehead atoms. The first-order valence-electron chi connectivity index (χ1n) is 8.09. The highest BCUT2D eigenvalue weighted by atomic mass is 32.2. The molecule has 0 atom stereocenters. The summed E-state index contributed by atoms with van der Waals surface area (Å²) in [5, 5.41) is 0.764. The number of hydrogen-bond donors (Lipinski definition) is 0. The summed E-state index contributed by atoms with van der Waals surface area (Å²) < 4.78 is 0. The first kappa shape index (κ1) is 15.7. The summed E-state index contributed by atoms with van der Waals surface area (Å²) in [6, 6.07) is 0. The van der Waals surface area contributed by atoms with Crippen LogP contribution in [0.4, 0.5) is 0 Å². The van der Waals surface area contributed by atoms with Crippen molar-refractivity contribution in [2.45, 2.75) is 37.8 Å². The first-order chi connectivity index (χ1) is 10.6. The van der Waals surface area contributed by atoms with E-state index in [0.29, 0.717) is 5.75 Å². The number of aromatic nitrogens is 2. The van der Waals surface area contributed by atoms with Crippen LogP contribution in [0.3, 0.4) is 0 Å². The second kappa shape index (κ2) is 6.96. The minimum absolute atomic E-state index is 0.206. The molecular weight excluding hydrogens is 296 g/mol. The lowest BCUT2D eigenvalue weighted by molar-refractivity contribution is -0.129. The average molecular weight is 320 g/mol. The van der Waals surface area contributed by atoms with Gasteiger partial charge in [-0.15, -0.1) is 0 Å². The lowest BCUT2D eigenvalue weighted by Gasteiger charge is -2.32. The van der Waals surface area contributed by atoms with E-state index in [1.807, 2.05) is 4.90 Å². The Hall–Kier alpha value is -1.14. The highest BCUT2D eigenvalue weighted by Crippen LogP contribution is 2.24. The van der Waals surface area contributed by atoms with E-state index in [2.05, 4.69) is 28.8 Å². The summed E-state index contributed by atoms with van der Waals surface area (Å²) in [5.41, 5.74) is 3.63. The number of carbonyl (C=O) groups is 1. The van der Waals surface area contributed by atoms with Crippen LogP contribution in [0, 0.1) is 6.92 Å². The number of rotatable bonds is 3. The average Bonchev–Trinajstić information content (AvgIpc) is 2.53. The van der Waals surface area contributed by atoms with Gasteiger partial charge in [0.2, 0.25) is 5.91 Å². The van der Waals surface area contributed by atoms with Gasteiger partial charge in [0.1, 0.15) is 0 Å². The molecule has 0 aromatic carbocycles. The second-order valence-electron chi connectivity index (χ2n) is 6.20. The van der Waals surface area contributed by atoms with Gasteiger partial charge in [0.05, 0.1) is 5.75 Å². The molecule has 1 amide bonds. The molecule has 5 nitrogen and oxygen atoms in total. The van der Waals surface area contributed by atoms with E-state index >= 15 is 0 Å². The molecule has 1 aromatic heterocycles. The maximum absolute atomic E-state index is 12.3. The Morgan fingerprint density at radius 3 is 2.64 bits per heavy atom. The van der Waals surface area contributed by atoms with Crippen molar-refractivity contribution in [1.29, 1.82) is 0 Å². The Morgan fingerprint density at radius 2 is 1.86 bits per heavy atom. The smallest absolute Gasteiger partial charge is 0.233 e. The number of piperazine rings is 1. The Balaban J connectivity index is 1.59. The number of carbonyl (C=O) groups excluding carboxylic acids is 1. The maximum Gasteiger partial charge on any atom is 0.233 e. The van der Waals surface area contributed by atoms with Gasteiger partial charge >= 0.3 is 0 Å². The van der Waals surface area contributed by atoms with E-state index in [9.17, 15) is 4.79 Å². The molecule has 0 unspecified atom stereocenters. The number of amides is 1. The van der Waals surface area contributed by atoms with Crippen molar-refractivity contribution in [3.05, 3.63) is 17.0 Å². The van der Waals surface area contributed by atoms with Gasteiger partial charge in [-0.25, -0.2) is 9.97 Å². The van der Waals surface area contributed by atoms with Crippen molar-refractivity contribution in [1.82, 2.24) is 19.8 Å². The number of aryl methyl sites for hydroxylation is 2. The van der Waals surface area contributed by atoms with E-state index in [-0.39, 0.29) is 5.91 Å². The molecule has 1 fully saturated rings. The van der Waals surface area contributed by atoms with Gasteiger partial charge in [-0.05, 0) is 45.2 Å². The first-order valence-corrected chi connectivity index (χ1v) is 9.07. The van der Waals surface area contributed by atoms with Crippen molar-refractivity contribution >= 4 is 17.7 Å². The molecule has 0 spiro atoms. The molecule has 0 N–H and O–H groups in total. The van der Waals surface area contributed by atoms with E-state index in [1.165, 1.54) is 35.9 Å². The fourth-order valence-corrected chi connectivity index (χ4v) is 3.90. The summed E-state index contributed by atoms with van der Waals surface area (Å²) in [6.07, 6.45) is 4.62. The van der Waals surface area contributed by atoms with Gasteiger partial charge in [0, 0.05) is 37.6 Å². The predicted molar refractivity (Wildman–Crippen MR) is 88.2 cm³/mol. The summed E-state index contributed by atoms with van der Waals surface area (Å²) in [6.45, 7) is 5.66. The Morgan fingerprint density at radius 1 is 1.14 bits per heavy atom. The zero-order valence-corrected chi connectivity index (χ0v) is 14.3. The molecule has 1 saturated heterocycles. The Bertz CT molecular complexity index is 555. The molecule has 1 aromatic rings. The summed E-state index contributed by atoms with van der Waals surface area (Å²) in [5.74, 6) is 0.652. The third-order valence-electron chi connectivity index (χ3n) is 4.55. The van der Waals surface area contributed by atoms with Crippen LogP contribution in [-0.4, -0.2) is 64.7 Å². The van der Waals surface area contributed by atoms with Gasteiger partial charge in [-0.3, -0.25) is 4.79 Å². The van der Waals surface area contributed by atoms with Crippen LogP contribution in [-0.2, 0) is 17.6 Å². The largest absolute Gasteiger partial charge is 0.339 e. The van der Waals surface area contributed by atoms with E-state index < -0.39 is 0 Å². The van der Waals surface area contributed by atoms with Crippen LogP contribution >= 0.6 is 11.8 Å². The molecule has 120 valence electrons. The number of hydrogen-bond acceptors (Lipinski definition) is 5. The Labute approximate surface area is 136 Å². The topological polar surface area (TPSA) is 49.3 Å². The van der Waals surface area contributed by atoms with Gasteiger partial charge in [-0.2, -0.15) is 0 Å².